The molecule has 1 atom stereocenters. The summed E-state index contributed by atoms with van der Waals surface area (Å²) in [4.78, 5) is 23.7. The summed E-state index contributed by atoms with van der Waals surface area (Å²) in [6.45, 7) is 3.42. The normalized spacial score (nSPS) is 17.7. The maximum atomic E-state index is 12.3. The van der Waals surface area contributed by atoms with Gasteiger partial charge in [0.1, 0.15) is 0 Å². The Kier molecular flexibility index (Phi) is 4.52. The van der Waals surface area contributed by atoms with Crippen LogP contribution >= 0.6 is 0 Å². The molecule has 3 rings (SSSR count). The van der Waals surface area contributed by atoms with E-state index in [0.717, 1.165) is 25.9 Å². The first-order valence-corrected chi connectivity index (χ1v) is 7.82. The van der Waals surface area contributed by atoms with Crippen molar-refractivity contribution in [3.63, 3.8) is 0 Å². The Labute approximate surface area is 134 Å². The number of carbonyl (C=O) groups is 2. The zero-order chi connectivity index (χ0) is 16.2. The molecular weight excluding hydrogens is 292 g/mol. The van der Waals surface area contributed by atoms with E-state index in [1.54, 1.807) is 30.3 Å². The summed E-state index contributed by atoms with van der Waals surface area (Å²) in [7, 11) is 0. The van der Waals surface area contributed by atoms with Crippen LogP contribution in [0.3, 0.4) is 0 Å². The third kappa shape index (κ3) is 3.65. The van der Waals surface area contributed by atoms with E-state index in [0.29, 0.717) is 23.0 Å². The largest absolute Gasteiger partial charge is 0.321 e. The Morgan fingerprint density at radius 2 is 2.22 bits per heavy atom. The van der Waals surface area contributed by atoms with Crippen LogP contribution in [0.4, 0.5) is 5.69 Å². The molecule has 23 heavy (non-hydrogen) atoms. The number of nitrogens with zero attached hydrogens (tertiary/aromatic N) is 2. The summed E-state index contributed by atoms with van der Waals surface area (Å²) in [5.74, 6) is -0.302. The molecule has 0 spiro atoms. The highest BCUT2D eigenvalue weighted by molar-refractivity contribution is 6.03. The monoisotopic (exact) mass is 312 g/mol. The lowest BCUT2D eigenvalue weighted by Gasteiger charge is -2.22. The number of ketones is 1. The van der Waals surface area contributed by atoms with Gasteiger partial charge in [0.25, 0.3) is 5.91 Å². The summed E-state index contributed by atoms with van der Waals surface area (Å²) < 4.78 is 1.85. The number of aromatic nitrogens is 2. The van der Waals surface area contributed by atoms with Gasteiger partial charge >= 0.3 is 0 Å². The second kappa shape index (κ2) is 6.75. The lowest BCUT2D eigenvalue weighted by Crippen LogP contribution is -2.32. The van der Waals surface area contributed by atoms with Crippen molar-refractivity contribution < 1.29 is 9.59 Å². The molecule has 2 heterocycles. The molecule has 1 aromatic heterocycles. The van der Waals surface area contributed by atoms with Crippen LogP contribution in [0.15, 0.2) is 36.5 Å². The molecule has 0 radical (unpaired) electrons. The molecule has 2 aromatic rings. The number of nitrogens with one attached hydrogen (secondary N) is 2. The molecule has 1 unspecified atom stereocenters. The topological polar surface area (TPSA) is 76.0 Å². The highest BCUT2D eigenvalue weighted by Crippen LogP contribution is 2.17. The molecule has 6 heteroatoms. The van der Waals surface area contributed by atoms with Crippen LogP contribution in [0.5, 0.6) is 0 Å². The minimum atomic E-state index is -0.270. The Hall–Kier alpha value is -2.47. The van der Waals surface area contributed by atoms with E-state index in [4.69, 9.17) is 0 Å². The minimum absolute atomic E-state index is 0.0322. The SMILES string of the molecule is CC(=O)c1cccc(NC(=O)c2ccn(C3CCCNC3)n2)c1. The van der Waals surface area contributed by atoms with Gasteiger partial charge in [0.05, 0.1) is 6.04 Å². The number of amides is 1. The van der Waals surface area contributed by atoms with E-state index in [1.165, 1.54) is 6.92 Å². The van der Waals surface area contributed by atoms with E-state index >= 15 is 0 Å². The van der Waals surface area contributed by atoms with Crippen LogP contribution in [0.1, 0.15) is 46.7 Å². The van der Waals surface area contributed by atoms with Gasteiger partial charge in [-0.1, -0.05) is 12.1 Å². The fraction of sp³-hybridized carbons (Fsp3) is 0.353. The Bertz CT molecular complexity index is 717. The molecule has 6 nitrogen and oxygen atoms in total. The Morgan fingerprint density at radius 3 is 2.96 bits per heavy atom. The fourth-order valence-electron chi connectivity index (χ4n) is 2.73. The summed E-state index contributed by atoms with van der Waals surface area (Å²) in [6.07, 6.45) is 4.03. The van der Waals surface area contributed by atoms with Crippen molar-refractivity contribution in [3.05, 3.63) is 47.8 Å². The molecule has 1 aliphatic heterocycles. The van der Waals surface area contributed by atoms with Gasteiger partial charge in [-0.25, -0.2) is 0 Å². The smallest absolute Gasteiger partial charge is 0.276 e. The number of hydrogen-bond acceptors (Lipinski definition) is 4. The van der Waals surface area contributed by atoms with Crippen molar-refractivity contribution in [3.8, 4) is 0 Å². The molecule has 1 amide bonds. The van der Waals surface area contributed by atoms with E-state index in [1.807, 2.05) is 10.9 Å². The molecule has 0 bridgehead atoms. The summed E-state index contributed by atoms with van der Waals surface area (Å²) in [5.41, 5.74) is 1.54. The van der Waals surface area contributed by atoms with Gasteiger partial charge in [-0.3, -0.25) is 14.3 Å². The van der Waals surface area contributed by atoms with Gasteiger partial charge < -0.3 is 10.6 Å². The standard InChI is InChI=1S/C17H20N4O2/c1-12(22)13-4-2-5-14(10-13)19-17(23)16-7-9-21(20-16)15-6-3-8-18-11-15/h2,4-5,7,9-10,15,18H,3,6,8,11H2,1H3,(H,19,23). The number of anilines is 1. The Morgan fingerprint density at radius 1 is 1.35 bits per heavy atom. The fourth-order valence-corrected chi connectivity index (χ4v) is 2.73. The molecule has 2 N–H and O–H groups in total. The van der Waals surface area contributed by atoms with Gasteiger partial charge in [0.15, 0.2) is 11.5 Å². The van der Waals surface area contributed by atoms with E-state index in [-0.39, 0.29) is 11.7 Å². The van der Waals surface area contributed by atoms with Crippen LogP contribution in [0, 0.1) is 0 Å². The van der Waals surface area contributed by atoms with E-state index in [2.05, 4.69) is 15.7 Å². The lowest BCUT2D eigenvalue weighted by molar-refractivity contribution is 0.100. The van der Waals surface area contributed by atoms with Crippen molar-refractivity contribution in [2.75, 3.05) is 18.4 Å². The predicted molar refractivity (Wildman–Crippen MR) is 87.8 cm³/mol. The third-order valence-electron chi connectivity index (χ3n) is 4.01. The van der Waals surface area contributed by atoms with Crippen molar-refractivity contribution in [2.45, 2.75) is 25.8 Å². The first-order valence-electron chi connectivity index (χ1n) is 7.82. The van der Waals surface area contributed by atoms with Crippen LogP contribution in [0.25, 0.3) is 0 Å². The highest BCUT2D eigenvalue weighted by Gasteiger charge is 2.17. The highest BCUT2D eigenvalue weighted by atomic mass is 16.2. The second-order valence-corrected chi connectivity index (χ2v) is 5.77. The molecule has 120 valence electrons. The minimum Gasteiger partial charge on any atom is -0.321 e. The number of piperidine rings is 1. The molecule has 1 aliphatic rings. The van der Waals surface area contributed by atoms with Crippen molar-refractivity contribution in [1.29, 1.82) is 0 Å². The average Bonchev–Trinajstić information content (AvgIpc) is 3.06. The first kappa shape index (κ1) is 15.4. The van der Waals surface area contributed by atoms with E-state index < -0.39 is 0 Å². The number of rotatable bonds is 4. The van der Waals surface area contributed by atoms with Crippen molar-refractivity contribution in [2.24, 2.45) is 0 Å². The average molecular weight is 312 g/mol. The third-order valence-corrected chi connectivity index (χ3v) is 4.01. The van der Waals surface area contributed by atoms with Crippen LogP contribution in [0.2, 0.25) is 0 Å². The molecule has 1 aromatic carbocycles. The lowest BCUT2D eigenvalue weighted by atomic mass is 10.1. The van der Waals surface area contributed by atoms with Gasteiger partial charge in [-0.05, 0) is 44.5 Å². The van der Waals surface area contributed by atoms with Crippen molar-refractivity contribution in [1.82, 2.24) is 15.1 Å². The molecule has 0 saturated carbocycles. The summed E-state index contributed by atoms with van der Waals surface area (Å²) in [5, 5.41) is 10.5. The van der Waals surface area contributed by atoms with Crippen LogP contribution in [-0.2, 0) is 0 Å². The van der Waals surface area contributed by atoms with Gasteiger partial charge in [0.2, 0.25) is 0 Å². The molecule has 0 aliphatic carbocycles. The second-order valence-electron chi connectivity index (χ2n) is 5.77. The number of Topliss-reactive ketones (excluding diaryl/α,β-unsaturated/α-hetero) is 1. The molecule has 1 saturated heterocycles. The number of hydrogen-bond donors (Lipinski definition) is 2. The van der Waals surface area contributed by atoms with Crippen molar-refractivity contribution >= 4 is 17.4 Å². The van der Waals surface area contributed by atoms with Gasteiger partial charge in [0, 0.05) is 24.0 Å². The number of benzene rings is 1. The van der Waals surface area contributed by atoms with Crippen LogP contribution in [-0.4, -0.2) is 34.6 Å². The Balaban J connectivity index is 1.70. The maximum Gasteiger partial charge on any atom is 0.276 e. The molecular formula is C17H20N4O2. The zero-order valence-electron chi connectivity index (χ0n) is 13.1. The number of carbonyl (C=O) groups excluding carboxylic acids is 2. The molecule has 1 fully saturated rings. The summed E-state index contributed by atoms with van der Waals surface area (Å²) >= 11 is 0. The zero-order valence-corrected chi connectivity index (χ0v) is 13.1. The predicted octanol–water partition coefficient (Wildman–Crippen LogP) is 2.26. The quantitative estimate of drug-likeness (QED) is 0.849. The van der Waals surface area contributed by atoms with Crippen LogP contribution < -0.4 is 10.6 Å². The van der Waals surface area contributed by atoms with Gasteiger partial charge in [-0.15, -0.1) is 0 Å². The maximum absolute atomic E-state index is 12.3. The van der Waals surface area contributed by atoms with Gasteiger partial charge in [-0.2, -0.15) is 5.10 Å². The van der Waals surface area contributed by atoms with E-state index in [9.17, 15) is 9.59 Å². The summed E-state index contributed by atoms with van der Waals surface area (Å²) in [6, 6.07) is 8.92. The first-order chi connectivity index (χ1) is 11.1.